The Balaban J connectivity index is 1.50. The summed E-state index contributed by atoms with van der Waals surface area (Å²) in [7, 11) is 1.34. The Labute approximate surface area is 154 Å². The van der Waals surface area contributed by atoms with Crippen LogP contribution in [0.5, 0.6) is 11.5 Å². The predicted octanol–water partition coefficient (Wildman–Crippen LogP) is 2.87. The number of rotatable bonds is 5. The summed E-state index contributed by atoms with van der Waals surface area (Å²) in [4.78, 5) is 16.0. The third-order valence-corrected chi connectivity index (χ3v) is 3.74. The molecule has 1 aliphatic rings. The van der Waals surface area contributed by atoms with Gasteiger partial charge in [-0.25, -0.2) is 4.79 Å². The van der Waals surface area contributed by atoms with Gasteiger partial charge in [-0.1, -0.05) is 6.07 Å². The Morgan fingerprint density at radius 1 is 1.07 bits per heavy atom. The van der Waals surface area contributed by atoms with Crippen LogP contribution in [-0.4, -0.2) is 35.1 Å². The van der Waals surface area contributed by atoms with Crippen molar-refractivity contribution in [2.24, 2.45) is 0 Å². The summed E-state index contributed by atoms with van der Waals surface area (Å²) in [5.41, 5.74) is 1.85. The molecule has 0 saturated carbocycles. The van der Waals surface area contributed by atoms with E-state index in [4.69, 9.17) is 14.2 Å². The van der Waals surface area contributed by atoms with Gasteiger partial charge in [-0.2, -0.15) is 10.1 Å². The zero-order chi connectivity index (χ0) is 18.6. The Kier molecular flexibility index (Phi) is 4.40. The summed E-state index contributed by atoms with van der Waals surface area (Å²) in [5, 5.41) is 14.1. The molecule has 3 aromatic rings. The average molecular weight is 365 g/mol. The van der Waals surface area contributed by atoms with Crippen LogP contribution in [0.4, 0.5) is 23.1 Å². The molecule has 1 aromatic heterocycles. The topological polar surface area (TPSA) is 107 Å². The molecule has 2 heterocycles. The molecule has 0 fully saturated rings. The zero-order valence-electron chi connectivity index (χ0n) is 14.3. The fourth-order valence-corrected chi connectivity index (χ4v) is 2.51. The third kappa shape index (κ3) is 3.71. The monoisotopic (exact) mass is 365 g/mol. The smallest absolute Gasteiger partial charge is 0.337 e. The van der Waals surface area contributed by atoms with E-state index in [0.717, 1.165) is 5.69 Å². The van der Waals surface area contributed by atoms with Crippen LogP contribution in [0.25, 0.3) is 0 Å². The van der Waals surface area contributed by atoms with Crippen molar-refractivity contribution >= 4 is 29.1 Å². The van der Waals surface area contributed by atoms with Crippen LogP contribution in [0.1, 0.15) is 10.4 Å². The number of benzene rings is 2. The number of hydrogen-bond acceptors (Lipinski definition) is 9. The quantitative estimate of drug-likeness (QED) is 0.660. The van der Waals surface area contributed by atoms with E-state index in [2.05, 4.69) is 25.8 Å². The molecule has 1 aliphatic heterocycles. The number of methoxy groups -OCH3 is 1. The van der Waals surface area contributed by atoms with Crippen LogP contribution >= 0.6 is 0 Å². The molecule has 0 bridgehead atoms. The highest BCUT2D eigenvalue weighted by Crippen LogP contribution is 2.34. The van der Waals surface area contributed by atoms with Crippen molar-refractivity contribution in [1.29, 1.82) is 0 Å². The van der Waals surface area contributed by atoms with Crippen LogP contribution < -0.4 is 20.1 Å². The first kappa shape index (κ1) is 16.6. The number of nitrogens with one attached hydrogen (secondary N) is 2. The van der Waals surface area contributed by atoms with Gasteiger partial charge >= 0.3 is 5.97 Å². The summed E-state index contributed by atoms with van der Waals surface area (Å²) < 4.78 is 15.4. The Hall–Kier alpha value is -3.88. The van der Waals surface area contributed by atoms with Gasteiger partial charge in [0.1, 0.15) is 0 Å². The van der Waals surface area contributed by atoms with Gasteiger partial charge in [0.15, 0.2) is 17.3 Å². The Bertz CT molecular complexity index is 995. The first-order valence-electron chi connectivity index (χ1n) is 8.03. The van der Waals surface area contributed by atoms with Gasteiger partial charge < -0.3 is 24.8 Å². The van der Waals surface area contributed by atoms with Crippen LogP contribution in [-0.2, 0) is 4.74 Å². The summed E-state index contributed by atoms with van der Waals surface area (Å²) in [6.45, 7) is 0.209. The number of esters is 1. The minimum atomic E-state index is -0.412. The van der Waals surface area contributed by atoms with Gasteiger partial charge in [0.25, 0.3) is 0 Å². The van der Waals surface area contributed by atoms with Crippen molar-refractivity contribution in [3.63, 3.8) is 0 Å². The fourth-order valence-electron chi connectivity index (χ4n) is 2.51. The number of ether oxygens (including phenoxy) is 3. The molecule has 0 aliphatic carbocycles. The van der Waals surface area contributed by atoms with Crippen LogP contribution in [0, 0.1) is 0 Å². The van der Waals surface area contributed by atoms with E-state index >= 15 is 0 Å². The lowest BCUT2D eigenvalue weighted by Crippen LogP contribution is -2.04. The maximum absolute atomic E-state index is 11.6. The number of nitrogens with zero attached hydrogens (tertiary/aromatic N) is 3. The van der Waals surface area contributed by atoms with E-state index in [1.54, 1.807) is 36.4 Å². The number of fused-ring (bicyclic) bond motifs is 1. The molecule has 0 radical (unpaired) electrons. The average Bonchev–Trinajstić information content (AvgIpc) is 3.16. The van der Waals surface area contributed by atoms with E-state index in [1.165, 1.54) is 13.3 Å². The molecule has 4 rings (SSSR count). The Morgan fingerprint density at radius 2 is 1.93 bits per heavy atom. The van der Waals surface area contributed by atoms with Gasteiger partial charge in [0.05, 0.1) is 18.9 Å². The minimum absolute atomic E-state index is 0.209. The molecule has 9 heteroatoms. The van der Waals surface area contributed by atoms with Gasteiger partial charge in [-0.3, -0.25) is 0 Å². The summed E-state index contributed by atoms with van der Waals surface area (Å²) in [6, 6.07) is 12.3. The molecule has 9 nitrogen and oxygen atoms in total. The number of carbonyl (C=O) groups excluding carboxylic acids is 1. The molecule has 0 atom stereocenters. The van der Waals surface area contributed by atoms with Crippen LogP contribution in [0.15, 0.2) is 48.7 Å². The number of carbonyl (C=O) groups is 1. The highest BCUT2D eigenvalue weighted by atomic mass is 16.7. The van der Waals surface area contributed by atoms with Crippen molar-refractivity contribution in [2.45, 2.75) is 0 Å². The van der Waals surface area contributed by atoms with Crippen molar-refractivity contribution in [3.8, 4) is 11.5 Å². The summed E-state index contributed by atoms with van der Waals surface area (Å²) in [6.07, 6.45) is 1.48. The van der Waals surface area contributed by atoms with Crippen LogP contribution in [0.2, 0.25) is 0 Å². The molecule has 0 unspecified atom stereocenters. The highest BCUT2D eigenvalue weighted by Gasteiger charge is 2.14. The van der Waals surface area contributed by atoms with Gasteiger partial charge in [0, 0.05) is 17.4 Å². The summed E-state index contributed by atoms with van der Waals surface area (Å²) in [5.74, 6) is 1.71. The van der Waals surface area contributed by atoms with E-state index in [0.29, 0.717) is 34.5 Å². The van der Waals surface area contributed by atoms with E-state index in [-0.39, 0.29) is 6.79 Å². The zero-order valence-corrected chi connectivity index (χ0v) is 14.3. The largest absolute Gasteiger partial charge is 0.465 e. The number of aromatic nitrogens is 3. The molecule has 2 N–H and O–H groups in total. The molecule has 0 saturated heterocycles. The Morgan fingerprint density at radius 3 is 2.81 bits per heavy atom. The first-order chi connectivity index (χ1) is 13.2. The lowest BCUT2D eigenvalue weighted by atomic mass is 10.2. The molecular formula is C18H15N5O4. The second kappa shape index (κ2) is 7.16. The van der Waals surface area contributed by atoms with Gasteiger partial charge in [-0.05, 0) is 30.3 Å². The minimum Gasteiger partial charge on any atom is -0.465 e. The lowest BCUT2D eigenvalue weighted by molar-refractivity contribution is 0.0601. The van der Waals surface area contributed by atoms with Crippen molar-refractivity contribution in [3.05, 3.63) is 54.2 Å². The number of hydrogen-bond donors (Lipinski definition) is 2. The number of anilines is 4. The second-order valence-electron chi connectivity index (χ2n) is 5.56. The van der Waals surface area contributed by atoms with Crippen molar-refractivity contribution < 1.29 is 19.0 Å². The SMILES string of the molecule is COC(=O)c1cccc(Nc2cnnc(Nc3ccc4c(c3)OCO4)n2)c1. The van der Waals surface area contributed by atoms with Crippen molar-refractivity contribution in [2.75, 3.05) is 24.5 Å². The predicted molar refractivity (Wildman–Crippen MR) is 96.7 cm³/mol. The molecule has 2 aromatic carbocycles. The third-order valence-electron chi connectivity index (χ3n) is 3.74. The maximum Gasteiger partial charge on any atom is 0.337 e. The summed E-state index contributed by atoms with van der Waals surface area (Å²) >= 11 is 0. The molecule has 136 valence electrons. The molecule has 0 spiro atoms. The highest BCUT2D eigenvalue weighted by molar-refractivity contribution is 5.90. The normalized spacial score (nSPS) is 11.7. The van der Waals surface area contributed by atoms with E-state index in [1.807, 2.05) is 6.07 Å². The molecule has 27 heavy (non-hydrogen) atoms. The maximum atomic E-state index is 11.6. The fraction of sp³-hybridized carbons (Fsp3) is 0.111. The first-order valence-corrected chi connectivity index (χ1v) is 8.03. The lowest BCUT2D eigenvalue weighted by Gasteiger charge is -2.09. The molecular weight excluding hydrogens is 350 g/mol. The van der Waals surface area contributed by atoms with Gasteiger partial charge in [-0.15, -0.1) is 5.10 Å². The van der Waals surface area contributed by atoms with Gasteiger partial charge in [0.2, 0.25) is 12.7 Å². The van der Waals surface area contributed by atoms with E-state index in [9.17, 15) is 4.79 Å². The second-order valence-corrected chi connectivity index (χ2v) is 5.56. The van der Waals surface area contributed by atoms with Crippen LogP contribution in [0.3, 0.4) is 0 Å². The van der Waals surface area contributed by atoms with E-state index < -0.39 is 5.97 Å². The molecule has 0 amide bonds. The standard InChI is InChI=1S/C18H15N5O4/c1-25-17(24)11-3-2-4-12(7-11)20-16-9-19-23-18(22-16)21-13-5-6-14-15(8-13)27-10-26-14/h2-9H,10H2,1H3,(H2,20,21,22,23). The van der Waals surface area contributed by atoms with Crippen molar-refractivity contribution in [1.82, 2.24) is 15.2 Å².